The maximum absolute atomic E-state index is 13.9. The first-order valence-corrected chi connectivity index (χ1v) is 6.71. The summed E-state index contributed by atoms with van der Waals surface area (Å²) >= 11 is 0. The molecule has 1 aliphatic heterocycles. The Bertz CT molecular complexity index is 434. The molecule has 1 saturated heterocycles. The first-order chi connectivity index (χ1) is 8.75. The Balaban J connectivity index is 1.91. The molecule has 3 rings (SSSR count). The summed E-state index contributed by atoms with van der Waals surface area (Å²) in [6, 6.07) is 4.47. The second-order valence-electron chi connectivity index (χ2n) is 5.20. The van der Waals surface area contributed by atoms with Gasteiger partial charge in [0.05, 0.1) is 5.69 Å². The molecule has 0 unspecified atom stereocenters. The maximum atomic E-state index is 13.9. The number of anilines is 1. The topological polar surface area (TPSA) is 15.3 Å². The molecule has 1 heterocycles. The lowest BCUT2D eigenvalue weighted by atomic mass is 9.87. The van der Waals surface area contributed by atoms with E-state index < -0.39 is 0 Å². The summed E-state index contributed by atoms with van der Waals surface area (Å²) < 4.78 is 27.2. The van der Waals surface area contributed by atoms with Gasteiger partial charge in [-0.3, -0.25) is 0 Å². The SMILES string of the molecule is Fc1ccc(F)c(N2CCN[C@@H]3CCCC[C@H]32)c1. The third-order valence-electron chi connectivity index (χ3n) is 4.11. The number of benzene rings is 1. The maximum Gasteiger partial charge on any atom is 0.146 e. The van der Waals surface area contributed by atoms with E-state index >= 15 is 0 Å². The molecule has 1 aromatic carbocycles. The Morgan fingerprint density at radius 1 is 1.17 bits per heavy atom. The van der Waals surface area contributed by atoms with E-state index in [1.54, 1.807) is 0 Å². The Hall–Kier alpha value is -1.16. The molecule has 2 aliphatic rings. The summed E-state index contributed by atoms with van der Waals surface area (Å²) in [5.41, 5.74) is 0.424. The number of hydrogen-bond donors (Lipinski definition) is 1. The average molecular weight is 252 g/mol. The van der Waals surface area contributed by atoms with Crippen molar-refractivity contribution in [3.05, 3.63) is 29.8 Å². The molecule has 2 nitrogen and oxygen atoms in total. The van der Waals surface area contributed by atoms with Crippen LogP contribution in [-0.2, 0) is 0 Å². The summed E-state index contributed by atoms with van der Waals surface area (Å²) in [6.07, 6.45) is 4.61. The third kappa shape index (κ3) is 2.09. The van der Waals surface area contributed by atoms with Gasteiger partial charge in [0.15, 0.2) is 0 Å². The van der Waals surface area contributed by atoms with Crippen molar-refractivity contribution in [2.45, 2.75) is 37.8 Å². The van der Waals surface area contributed by atoms with Crippen molar-refractivity contribution in [2.24, 2.45) is 0 Å². The van der Waals surface area contributed by atoms with Crippen molar-refractivity contribution in [1.29, 1.82) is 0 Å². The second-order valence-corrected chi connectivity index (χ2v) is 5.20. The summed E-state index contributed by atoms with van der Waals surface area (Å²) in [7, 11) is 0. The summed E-state index contributed by atoms with van der Waals surface area (Å²) in [4.78, 5) is 2.05. The molecule has 4 heteroatoms. The lowest BCUT2D eigenvalue weighted by molar-refractivity contribution is 0.282. The molecule has 0 amide bonds. The van der Waals surface area contributed by atoms with Gasteiger partial charge in [0, 0.05) is 31.2 Å². The normalized spacial score (nSPS) is 28.0. The van der Waals surface area contributed by atoms with E-state index in [0.717, 1.165) is 25.9 Å². The molecule has 1 aliphatic carbocycles. The first kappa shape index (κ1) is 11.9. The van der Waals surface area contributed by atoms with Crippen LogP contribution in [0.15, 0.2) is 18.2 Å². The molecule has 2 fully saturated rings. The van der Waals surface area contributed by atoms with E-state index in [4.69, 9.17) is 0 Å². The summed E-state index contributed by atoms with van der Waals surface area (Å²) in [5.74, 6) is -0.681. The van der Waals surface area contributed by atoms with Crippen LogP contribution in [-0.4, -0.2) is 25.2 Å². The minimum Gasteiger partial charge on any atom is -0.363 e. The molecule has 0 spiro atoms. The molecule has 0 aromatic heterocycles. The number of nitrogens with one attached hydrogen (secondary N) is 1. The van der Waals surface area contributed by atoms with E-state index in [-0.39, 0.29) is 11.6 Å². The Labute approximate surface area is 106 Å². The number of rotatable bonds is 1. The molecule has 98 valence electrons. The van der Waals surface area contributed by atoms with Crippen LogP contribution in [0.5, 0.6) is 0 Å². The Morgan fingerprint density at radius 2 is 2.00 bits per heavy atom. The summed E-state index contributed by atoms with van der Waals surface area (Å²) in [6.45, 7) is 1.60. The van der Waals surface area contributed by atoms with Crippen molar-refractivity contribution in [2.75, 3.05) is 18.0 Å². The standard InChI is InChI=1S/C14H18F2N2/c15-10-5-6-11(16)14(9-10)18-8-7-17-12-3-1-2-4-13(12)18/h5-6,9,12-13,17H,1-4,7-8H2/t12-,13-/m1/s1. The lowest BCUT2D eigenvalue weighted by Gasteiger charge is -2.46. The molecular weight excluding hydrogens is 234 g/mol. The smallest absolute Gasteiger partial charge is 0.146 e. The van der Waals surface area contributed by atoms with E-state index in [1.165, 1.54) is 31.0 Å². The third-order valence-corrected chi connectivity index (χ3v) is 4.11. The highest BCUT2D eigenvalue weighted by Gasteiger charge is 2.34. The van der Waals surface area contributed by atoms with Gasteiger partial charge in [0.2, 0.25) is 0 Å². The van der Waals surface area contributed by atoms with Crippen LogP contribution in [0.4, 0.5) is 14.5 Å². The molecule has 2 atom stereocenters. The molecule has 18 heavy (non-hydrogen) atoms. The zero-order valence-electron chi connectivity index (χ0n) is 10.3. The number of halogens is 2. The van der Waals surface area contributed by atoms with Gasteiger partial charge in [-0.25, -0.2) is 8.78 Å². The van der Waals surface area contributed by atoms with Gasteiger partial charge in [-0.05, 0) is 25.0 Å². The fraction of sp³-hybridized carbons (Fsp3) is 0.571. The quantitative estimate of drug-likeness (QED) is 0.826. The van der Waals surface area contributed by atoms with Gasteiger partial charge < -0.3 is 10.2 Å². The first-order valence-electron chi connectivity index (χ1n) is 6.71. The highest BCUT2D eigenvalue weighted by molar-refractivity contribution is 5.50. The van der Waals surface area contributed by atoms with E-state index in [2.05, 4.69) is 10.2 Å². The summed E-state index contributed by atoms with van der Waals surface area (Å²) in [5, 5.41) is 3.50. The van der Waals surface area contributed by atoms with Crippen molar-refractivity contribution < 1.29 is 8.78 Å². The van der Waals surface area contributed by atoms with Gasteiger partial charge >= 0.3 is 0 Å². The van der Waals surface area contributed by atoms with Gasteiger partial charge in [-0.15, -0.1) is 0 Å². The molecule has 1 aromatic rings. The molecule has 1 saturated carbocycles. The van der Waals surface area contributed by atoms with Crippen LogP contribution < -0.4 is 10.2 Å². The fourth-order valence-electron chi connectivity index (χ4n) is 3.26. The minimum atomic E-state index is -0.364. The van der Waals surface area contributed by atoms with Gasteiger partial charge in [0.1, 0.15) is 11.6 Å². The van der Waals surface area contributed by atoms with Crippen molar-refractivity contribution >= 4 is 5.69 Å². The van der Waals surface area contributed by atoms with Crippen LogP contribution in [0.1, 0.15) is 25.7 Å². The molecule has 0 radical (unpaired) electrons. The highest BCUT2D eigenvalue weighted by Crippen LogP contribution is 2.31. The molecule has 0 bridgehead atoms. The number of nitrogens with zero attached hydrogens (tertiary/aromatic N) is 1. The molecule has 1 N–H and O–H groups in total. The van der Waals surface area contributed by atoms with Crippen LogP contribution in [0.3, 0.4) is 0 Å². The van der Waals surface area contributed by atoms with Crippen LogP contribution >= 0.6 is 0 Å². The van der Waals surface area contributed by atoms with E-state index in [0.29, 0.717) is 17.8 Å². The van der Waals surface area contributed by atoms with Crippen LogP contribution in [0.2, 0.25) is 0 Å². The fourth-order valence-corrected chi connectivity index (χ4v) is 3.26. The predicted molar refractivity (Wildman–Crippen MR) is 67.8 cm³/mol. The zero-order chi connectivity index (χ0) is 12.5. The van der Waals surface area contributed by atoms with Crippen LogP contribution in [0.25, 0.3) is 0 Å². The Kier molecular flexibility index (Phi) is 3.20. The monoisotopic (exact) mass is 252 g/mol. The van der Waals surface area contributed by atoms with Crippen molar-refractivity contribution in [1.82, 2.24) is 5.32 Å². The number of fused-ring (bicyclic) bond motifs is 1. The van der Waals surface area contributed by atoms with Crippen molar-refractivity contribution in [3.8, 4) is 0 Å². The lowest BCUT2D eigenvalue weighted by Crippen LogP contribution is -2.59. The number of piperazine rings is 1. The average Bonchev–Trinajstić information content (AvgIpc) is 2.41. The van der Waals surface area contributed by atoms with Gasteiger partial charge in [-0.1, -0.05) is 12.8 Å². The second kappa shape index (κ2) is 4.84. The Morgan fingerprint density at radius 3 is 2.89 bits per heavy atom. The number of hydrogen-bond acceptors (Lipinski definition) is 2. The van der Waals surface area contributed by atoms with Gasteiger partial charge in [0.25, 0.3) is 0 Å². The predicted octanol–water partition coefficient (Wildman–Crippen LogP) is 2.69. The largest absolute Gasteiger partial charge is 0.363 e. The van der Waals surface area contributed by atoms with E-state index in [1.807, 2.05) is 0 Å². The van der Waals surface area contributed by atoms with Gasteiger partial charge in [-0.2, -0.15) is 0 Å². The highest BCUT2D eigenvalue weighted by atomic mass is 19.1. The zero-order valence-corrected chi connectivity index (χ0v) is 10.3. The molecular formula is C14H18F2N2. The van der Waals surface area contributed by atoms with Crippen molar-refractivity contribution in [3.63, 3.8) is 0 Å². The van der Waals surface area contributed by atoms with Crippen LogP contribution in [0, 0.1) is 11.6 Å². The van der Waals surface area contributed by atoms with E-state index in [9.17, 15) is 8.78 Å². The minimum absolute atomic E-state index is 0.309.